The third kappa shape index (κ3) is 3.05. The molecule has 0 heterocycles. The van der Waals surface area contributed by atoms with Gasteiger partial charge in [0, 0.05) is 6.42 Å². The maximum absolute atomic E-state index is 4.64. The Hall–Kier alpha value is 0.484. The molecule has 0 N–H and O–H groups in total. The molecule has 0 aromatic rings. The van der Waals surface area contributed by atoms with Gasteiger partial charge in [0.1, 0.15) is 0 Å². The summed E-state index contributed by atoms with van der Waals surface area (Å²) >= 11 is 1.47. The van der Waals surface area contributed by atoms with E-state index in [1.165, 1.54) is 36.9 Å². The van der Waals surface area contributed by atoms with Gasteiger partial charge in [0.25, 0.3) is 0 Å². The molecule has 0 aromatic heterocycles. The second-order valence-electron chi connectivity index (χ2n) is 2.09. The molecule has 0 aliphatic heterocycles. The molecule has 0 unspecified atom stereocenters. The van der Waals surface area contributed by atoms with E-state index in [4.69, 9.17) is 0 Å². The van der Waals surface area contributed by atoms with Crippen molar-refractivity contribution in [2.45, 2.75) is 20.3 Å². The summed E-state index contributed by atoms with van der Waals surface area (Å²) in [5.41, 5.74) is 2.90. The zero-order chi connectivity index (χ0) is 7.98. The van der Waals surface area contributed by atoms with Crippen LogP contribution >= 0.6 is 9.30 Å². The van der Waals surface area contributed by atoms with E-state index in [1.807, 2.05) is 0 Å². The van der Waals surface area contributed by atoms with Gasteiger partial charge in [0.15, 0.2) is 0 Å². The van der Waals surface area contributed by atoms with Crippen molar-refractivity contribution >= 4 is 9.30 Å². The molecule has 1 radical (unpaired) electrons. The van der Waals surface area contributed by atoms with Crippen LogP contribution in [0.4, 0.5) is 0 Å². The van der Waals surface area contributed by atoms with Crippen molar-refractivity contribution in [2.75, 3.05) is 0 Å². The molecule has 0 spiro atoms. The molecule has 0 saturated carbocycles. The predicted molar refractivity (Wildman–Crippen MR) is 42.3 cm³/mol. The van der Waals surface area contributed by atoms with Crippen LogP contribution in [0.15, 0.2) is 23.3 Å². The predicted octanol–water partition coefficient (Wildman–Crippen LogP) is 3.17. The van der Waals surface area contributed by atoms with Crippen molar-refractivity contribution in [3.8, 4) is 0 Å². The summed E-state index contributed by atoms with van der Waals surface area (Å²) in [5.74, 6) is 0. The summed E-state index contributed by atoms with van der Waals surface area (Å²) in [6, 6.07) is 0. The van der Waals surface area contributed by atoms with Gasteiger partial charge in [-0.15, -0.1) is 0 Å². The molecule has 10 heavy (non-hydrogen) atoms. The average molecular weight is 190 g/mol. The summed E-state index contributed by atoms with van der Waals surface area (Å²) in [5, 5.41) is 0. The van der Waals surface area contributed by atoms with Gasteiger partial charge >= 0.3 is 28.7 Å². The zero-order valence-electron chi connectivity index (χ0n) is 6.32. The Bertz CT molecular complexity index is 147. The van der Waals surface area contributed by atoms with Crippen LogP contribution in [0.25, 0.3) is 0 Å². The second kappa shape index (κ2) is 6.21. The first-order valence-corrected chi connectivity index (χ1v) is 5.39. The molecular weight excluding hydrogens is 179 g/mol. The number of hydrogen-bond acceptors (Lipinski definition) is 0. The van der Waals surface area contributed by atoms with E-state index in [0.717, 1.165) is 0 Å². The van der Waals surface area contributed by atoms with E-state index in [9.17, 15) is 0 Å². The Labute approximate surface area is 78.6 Å². The third-order valence-electron chi connectivity index (χ3n) is 1.53. The maximum atomic E-state index is 4.64. The van der Waals surface area contributed by atoms with Crippen molar-refractivity contribution in [3.63, 3.8) is 0 Å². The van der Waals surface area contributed by atoms with Gasteiger partial charge in [-0.3, -0.25) is 0 Å². The van der Waals surface area contributed by atoms with Gasteiger partial charge in [-0.25, -0.2) is 0 Å². The standard InChI is InChI=1S/C8H11.ClH.Ti/c1-3-8-6-4-5-7(8)2;;/h4-6H,3H2,1-2H3;1H;/q;;+1/p-1. The summed E-state index contributed by atoms with van der Waals surface area (Å²) in [6.07, 6.45) is 7.60. The van der Waals surface area contributed by atoms with Crippen molar-refractivity contribution in [2.24, 2.45) is 0 Å². The molecule has 0 atom stereocenters. The van der Waals surface area contributed by atoms with E-state index in [0.29, 0.717) is 0 Å². The van der Waals surface area contributed by atoms with Crippen molar-refractivity contribution in [1.82, 2.24) is 0 Å². The minimum atomic E-state index is 1.17. The van der Waals surface area contributed by atoms with Gasteiger partial charge in [0.2, 0.25) is 0 Å². The first-order chi connectivity index (χ1) is 4.84. The molecule has 54 valence electrons. The first kappa shape index (κ1) is 10.5. The molecule has 1 rings (SSSR count). The molecule has 0 saturated heterocycles. The van der Waals surface area contributed by atoms with Gasteiger partial charge < -0.3 is 0 Å². The van der Waals surface area contributed by atoms with E-state index in [1.54, 1.807) is 0 Å². The van der Waals surface area contributed by atoms with Gasteiger partial charge in [0.05, 0.1) is 0 Å². The molecule has 2 heteroatoms. The SMILES string of the molecule is CCC1=C(C)C=C[CH]1.[Cl][Ti]. The van der Waals surface area contributed by atoms with Crippen LogP contribution in [-0.4, -0.2) is 0 Å². The van der Waals surface area contributed by atoms with E-state index >= 15 is 0 Å². The van der Waals surface area contributed by atoms with Crippen molar-refractivity contribution < 1.29 is 19.4 Å². The first-order valence-electron chi connectivity index (χ1n) is 3.24. The fourth-order valence-corrected chi connectivity index (χ4v) is 0.944. The second-order valence-corrected chi connectivity index (χ2v) is 2.09. The molecule has 1 aliphatic rings. The molecular formula is C8H11ClTi. The Kier molecular flexibility index (Phi) is 6.51. The average Bonchev–Trinajstić information content (AvgIpc) is 2.39. The zero-order valence-corrected chi connectivity index (χ0v) is 8.63. The number of halogens is 1. The molecule has 0 fully saturated rings. The number of rotatable bonds is 1. The van der Waals surface area contributed by atoms with Crippen LogP contribution in [-0.2, 0) is 19.4 Å². The Morgan fingerprint density at radius 2 is 2.10 bits per heavy atom. The summed E-state index contributed by atoms with van der Waals surface area (Å²) in [6.45, 7) is 4.33. The molecule has 0 nitrogen and oxygen atoms in total. The fourth-order valence-electron chi connectivity index (χ4n) is 0.944. The Morgan fingerprint density at radius 1 is 1.50 bits per heavy atom. The van der Waals surface area contributed by atoms with Crippen LogP contribution in [0.1, 0.15) is 20.3 Å². The topological polar surface area (TPSA) is 0 Å². The van der Waals surface area contributed by atoms with Crippen LogP contribution in [0, 0.1) is 6.42 Å². The molecule has 1 aliphatic carbocycles. The van der Waals surface area contributed by atoms with Crippen LogP contribution < -0.4 is 0 Å². The summed E-state index contributed by atoms with van der Waals surface area (Å²) in [4.78, 5) is 0. The fraction of sp³-hybridized carbons (Fsp3) is 0.375. The van der Waals surface area contributed by atoms with E-state index in [-0.39, 0.29) is 0 Å². The summed E-state index contributed by atoms with van der Waals surface area (Å²) in [7, 11) is 4.64. The van der Waals surface area contributed by atoms with Gasteiger partial charge in [-0.05, 0) is 13.3 Å². The van der Waals surface area contributed by atoms with E-state index in [2.05, 4.69) is 41.7 Å². The van der Waals surface area contributed by atoms with Crippen LogP contribution in [0.2, 0.25) is 0 Å². The van der Waals surface area contributed by atoms with Gasteiger partial charge in [-0.2, -0.15) is 0 Å². The monoisotopic (exact) mass is 190 g/mol. The van der Waals surface area contributed by atoms with Crippen LogP contribution in [0.5, 0.6) is 0 Å². The normalized spacial score (nSPS) is 15.0. The Morgan fingerprint density at radius 3 is 2.30 bits per heavy atom. The van der Waals surface area contributed by atoms with Crippen molar-refractivity contribution in [3.05, 3.63) is 29.7 Å². The Balaban J connectivity index is 0.000000371. The minimum absolute atomic E-state index is 1.17. The van der Waals surface area contributed by atoms with Gasteiger partial charge in [-0.1, -0.05) is 30.2 Å². The molecule has 0 bridgehead atoms. The number of hydrogen-bond donors (Lipinski definition) is 0. The number of allylic oxidation sites excluding steroid dienone is 4. The third-order valence-corrected chi connectivity index (χ3v) is 1.53. The molecule has 0 aromatic carbocycles. The molecule has 0 amide bonds. The van der Waals surface area contributed by atoms with Crippen molar-refractivity contribution in [1.29, 1.82) is 0 Å². The van der Waals surface area contributed by atoms with Crippen LogP contribution in [0.3, 0.4) is 0 Å². The summed E-state index contributed by atoms with van der Waals surface area (Å²) < 4.78 is 0. The quantitative estimate of drug-likeness (QED) is 0.557. The van der Waals surface area contributed by atoms with E-state index < -0.39 is 0 Å².